The first-order valence-corrected chi connectivity index (χ1v) is 5.69. The molecule has 0 aliphatic heterocycles. The maximum absolute atomic E-state index is 12.1. The first-order chi connectivity index (χ1) is 7.53. The Morgan fingerprint density at radius 2 is 1.94 bits per heavy atom. The van der Waals surface area contributed by atoms with Gasteiger partial charge >= 0.3 is 6.36 Å². The van der Waals surface area contributed by atoms with E-state index in [0.717, 1.165) is 6.42 Å². The Morgan fingerprint density at radius 1 is 1.25 bits per heavy atom. The second kappa shape index (κ2) is 6.00. The summed E-state index contributed by atoms with van der Waals surface area (Å²) >= 11 is 1.31. The van der Waals surface area contributed by atoms with Crippen molar-refractivity contribution < 1.29 is 17.9 Å². The maximum atomic E-state index is 12.1. The third-order valence-electron chi connectivity index (χ3n) is 1.68. The fraction of sp³-hybridized carbons (Fsp3) is 0.400. The topological polar surface area (TPSA) is 35.2 Å². The number of thioether (sulfide) groups is 1. The van der Waals surface area contributed by atoms with E-state index >= 15 is 0 Å². The van der Waals surface area contributed by atoms with Crippen LogP contribution in [0.5, 0.6) is 5.75 Å². The molecule has 0 radical (unpaired) electrons. The van der Waals surface area contributed by atoms with Gasteiger partial charge in [0.05, 0.1) is 0 Å². The van der Waals surface area contributed by atoms with Crippen molar-refractivity contribution >= 4 is 11.8 Å². The maximum Gasteiger partial charge on any atom is 0.573 e. The molecule has 0 spiro atoms. The van der Waals surface area contributed by atoms with Gasteiger partial charge in [-0.05, 0) is 30.9 Å². The first-order valence-electron chi connectivity index (χ1n) is 4.70. The van der Waals surface area contributed by atoms with E-state index in [0.29, 0.717) is 17.2 Å². The average Bonchev–Trinajstić information content (AvgIpc) is 2.19. The van der Waals surface area contributed by atoms with Crippen LogP contribution in [0.15, 0.2) is 29.2 Å². The van der Waals surface area contributed by atoms with Crippen LogP contribution in [0.2, 0.25) is 0 Å². The van der Waals surface area contributed by atoms with Gasteiger partial charge < -0.3 is 10.5 Å². The van der Waals surface area contributed by atoms with E-state index in [1.165, 1.54) is 23.9 Å². The van der Waals surface area contributed by atoms with Crippen molar-refractivity contribution in [2.45, 2.75) is 17.7 Å². The van der Waals surface area contributed by atoms with Gasteiger partial charge in [-0.15, -0.1) is 24.9 Å². The fourth-order valence-electron chi connectivity index (χ4n) is 1.04. The number of halogens is 3. The Bertz CT molecular complexity index is 330. The third kappa shape index (κ3) is 4.76. The van der Waals surface area contributed by atoms with E-state index in [1.807, 2.05) is 0 Å². The number of hydrogen-bond acceptors (Lipinski definition) is 3. The standard InChI is InChI=1S/C10H12F3NOS/c11-10(12,13)15-8-4-1-2-5-9(8)16-7-3-6-14/h1-2,4-5H,3,6-7,14H2. The van der Waals surface area contributed by atoms with Crippen molar-refractivity contribution in [3.05, 3.63) is 24.3 Å². The Hall–Kier alpha value is -0.880. The lowest BCUT2D eigenvalue weighted by Gasteiger charge is -2.12. The van der Waals surface area contributed by atoms with Gasteiger partial charge in [-0.3, -0.25) is 0 Å². The van der Waals surface area contributed by atoms with E-state index in [1.54, 1.807) is 12.1 Å². The first kappa shape index (κ1) is 13.2. The summed E-state index contributed by atoms with van der Waals surface area (Å²) in [7, 11) is 0. The van der Waals surface area contributed by atoms with Crippen molar-refractivity contribution in [1.29, 1.82) is 0 Å². The van der Waals surface area contributed by atoms with E-state index < -0.39 is 6.36 Å². The fourth-order valence-corrected chi connectivity index (χ4v) is 2.00. The van der Waals surface area contributed by atoms with E-state index in [9.17, 15) is 13.2 Å². The van der Waals surface area contributed by atoms with Crippen molar-refractivity contribution in [3.8, 4) is 5.75 Å². The molecule has 90 valence electrons. The lowest BCUT2D eigenvalue weighted by molar-refractivity contribution is -0.275. The van der Waals surface area contributed by atoms with Crippen LogP contribution in [0, 0.1) is 0 Å². The monoisotopic (exact) mass is 251 g/mol. The van der Waals surface area contributed by atoms with Crippen molar-refractivity contribution in [1.82, 2.24) is 0 Å². The SMILES string of the molecule is NCCCSc1ccccc1OC(F)(F)F. The zero-order chi connectivity index (χ0) is 12.0. The predicted octanol–water partition coefficient (Wildman–Crippen LogP) is 3.03. The summed E-state index contributed by atoms with van der Waals surface area (Å²) in [6.07, 6.45) is -3.89. The number of rotatable bonds is 5. The lowest BCUT2D eigenvalue weighted by Crippen LogP contribution is -2.17. The van der Waals surface area contributed by atoms with Gasteiger partial charge in [0.15, 0.2) is 0 Å². The number of para-hydroxylation sites is 1. The van der Waals surface area contributed by atoms with Gasteiger partial charge in [0, 0.05) is 4.90 Å². The van der Waals surface area contributed by atoms with Crippen LogP contribution in [0.4, 0.5) is 13.2 Å². The Morgan fingerprint density at radius 3 is 2.56 bits per heavy atom. The molecular weight excluding hydrogens is 239 g/mol. The summed E-state index contributed by atoms with van der Waals surface area (Å²) in [5, 5.41) is 0. The summed E-state index contributed by atoms with van der Waals surface area (Å²) in [5.41, 5.74) is 5.31. The molecule has 16 heavy (non-hydrogen) atoms. The molecule has 0 aromatic heterocycles. The Balaban J connectivity index is 2.68. The molecule has 0 saturated heterocycles. The zero-order valence-corrected chi connectivity index (χ0v) is 9.27. The molecule has 0 amide bonds. The molecule has 2 nitrogen and oxygen atoms in total. The Labute approximate surface area is 96.0 Å². The second-order valence-electron chi connectivity index (χ2n) is 2.99. The summed E-state index contributed by atoms with van der Waals surface area (Å²) in [6, 6.07) is 6.09. The Kier molecular flexibility index (Phi) is 4.95. The van der Waals surface area contributed by atoms with E-state index in [2.05, 4.69) is 4.74 Å². The van der Waals surface area contributed by atoms with Gasteiger partial charge in [-0.1, -0.05) is 12.1 Å². The average molecular weight is 251 g/mol. The van der Waals surface area contributed by atoms with Crippen LogP contribution in [0.25, 0.3) is 0 Å². The lowest BCUT2D eigenvalue weighted by atomic mass is 10.3. The summed E-state index contributed by atoms with van der Waals surface area (Å²) in [4.78, 5) is 0.480. The zero-order valence-electron chi connectivity index (χ0n) is 8.46. The normalized spacial score (nSPS) is 11.5. The molecule has 0 fully saturated rings. The van der Waals surface area contributed by atoms with Gasteiger partial charge in [-0.25, -0.2) is 0 Å². The van der Waals surface area contributed by atoms with Gasteiger partial charge in [0.2, 0.25) is 0 Å². The summed E-state index contributed by atoms with van der Waals surface area (Å²) in [5.74, 6) is 0.520. The highest BCUT2D eigenvalue weighted by Crippen LogP contribution is 2.33. The molecule has 1 rings (SSSR count). The third-order valence-corrected chi connectivity index (χ3v) is 2.82. The number of alkyl halides is 3. The smallest absolute Gasteiger partial charge is 0.405 e. The summed E-state index contributed by atoms with van der Waals surface area (Å²) in [6.45, 7) is 0.523. The minimum Gasteiger partial charge on any atom is -0.405 e. The van der Waals surface area contributed by atoms with Crippen LogP contribution in [0.1, 0.15) is 6.42 Å². The molecule has 0 bridgehead atoms. The molecule has 1 aromatic carbocycles. The summed E-state index contributed by atoms with van der Waals surface area (Å²) < 4.78 is 40.1. The largest absolute Gasteiger partial charge is 0.573 e. The molecule has 0 heterocycles. The predicted molar refractivity (Wildman–Crippen MR) is 57.5 cm³/mol. The number of benzene rings is 1. The van der Waals surface area contributed by atoms with Crippen molar-refractivity contribution in [2.75, 3.05) is 12.3 Å². The number of hydrogen-bond donors (Lipinski definition) is 1. The van der Waals surface area contributed by atoms with Crippen LogP contribution in [-0.2, 0) is 0 Å². The van der Waals surface area contributed by atoms with Crippen LogP contribution >= 0.6 is 11.8 Å². The molecule has 0 aliphatic carbocycles. The van der Waals surface area contributed by atoms with Gasteiger partial charge in [-0.2, -0.15) is 0 Å². The quantitative estimate of drug-likeness (QED) is 0.645. The van der Waals surface area contributed by atoms with Gasteiger partial charge in [0.1, 0.15) is 5.75 Å². The highest BCUT2D eigenvalue weighted by atomic mass is 32.2. The number of ether oxygens (including phenoxy) is 1. The highest BCUT2D eigenvalue weighted by molar-refractivity contribution is 7.99. The van der Waals surface area contributed by atoms with Crippen molar-refractivity contribution in [3.63, 3.8) is 0 Å². The highest BCUT2D eigenvalue weighted by Gasteiger charge is 2.31. The van der Waals surface area contributed by atoms with Gasteiger partial charge in [0.25, 0.3) is 0 Å². The molecule has 2 N–H and O–H groups in total. The second-order valence-corrected chi connectivity index (χ2v) is 4.12. The van der Waals surface area contributed by atoms with E-state index in [-0.39, 0.29) is 5.75 Å². The molecule has 1 aromatic rings. The molecule has 6 heteroatoms. The minimum absolute atomic E-state index is 0.156. The van der Waals surface area contributed by atoms with Crippen LogP contribution in [0.3, 0.4) is 0 Å². The van der Waals surface area contributed by atoms with Crippen molar-refractivity contribution in [2.24, 2.45) is 5.73 Å². The molecular formula is C10H12F3NOS. The molecule has 0 saturated carbocycles. The molecule has 0 unspecified atom stereocenters. The van der Waals surface area contributed by atoms with Crippen LogP contribution in [-0.4, -0.2) is 18.7 Å². The molecule has 0 atom stereocenters. The molecule has 0 aliphatic rings. The number of nitrogens with two attached hydrogens (primary N) is 1. The van der Waals surface area contributed by atoms with Crippen LogP contribution < -0.4 is 10.5 Å². The van der Waals surface area contributed by atoms with E-state index in [4.69, 9.17) is 5.73 Å². The minimum atomic E-state index is -4.65.